The lowest BCUT2D eigenvalue weighted by atomic mass is 10.1. The molecule has 0 unspecified atom stereocenters. The van der Waals surface area contributed by atoms with Crippen LogP contribution in [0.5, 0.6) is 0 Å². The largest absolute Gasteiger partial charge is 0.205 e. The van der Waals surface area contributed by atoms with Gasteiger partial charge in [0.1, 0.15) is 17.3 Å². The van der Waals surface area contributed by atoms with Gasteiger partial charge < -0.3 is 0 Å². The van der Waals surface area contributed by atoms with Gasteiger partial charge in [0.25, 0.3) is 0 Å². The molecule has 1 nitrogen and oxygen atoms in total. The number of isothiocyanates is 1. The summed E-state index contributed by atoms with van der Waals surface area (Å²) in [5.74, 6) is 13.1. The zero-order valence-electron chi connectivity index (χ0n) is 19.3. The highest BCUT2D eigenvalue weighted by Gasteiger charge is 2.10. The first kappa shape index (κ1) is 26.5. The third-order valence-electron chi connectivity index (χ3n) is 4.92. The van der Waals surface area contributed by atoms with Crippen LogP contribution in [0.15, 0.2) is 53.5 Å². The minimum absolute atomic E-state index is 0.122. The molecule has 0 amide bonds. The van der Waals surface area contributed by atoms with Gasteiger partial charge in [-0.15, -0.1) is 0 Å². The molecule has 0 aromatic heterocycles. The standard InChI is InChI=1S/C30H19F4NS/c1-2-3-4-5-6-7-23-16-26(31)25(27(32)17-23)15-14-22-10-8-21(9-11-22)12-13-24-18-28(33)30(35-20-36)29(34)19-24/h8-11,16-19H,2-5H2,1H3. The fourth-order valence-corrected chi connectivity index (χ4v) is 3.19. The SMILES string of the molecule is CCCCCC#Cc1cc(F)c(C#Cc2ccc(C#Cc3cc(F)c(N=C=S)c(F)c3)cc2)c(F)c1. The second-order valence-electron chi connectivity index (χ2n) is 7.64. The van der Waals surface area contributed by atoms with Crippen LogP contribution in [0.1, 0.15) is 60.4 Å². The maximum atomic E-state index is 14.4. The minimum Gasteiger partial charge on any atom is -0.205 e. The van der Waals surface area contributed by atoms with Crippen molar-refractivity contribution in [3.8, 4) is 35.5 Å². The number of hydrogen-bond acceptors (Lipinski definition) is 2. The van der Waals surface area contributed by atoms with Gasteiger partial charge in [0, 0.05) is 28.7 Å². The first-order valence-corrected chi connectivity index (χ1v) is 11.5. The van der Waals surface area contributed by atoms with Crippen molar-refractivity contribution in [2.24, 2.45) is 4.99 Å². The average molecular weight is 502 g/mol. The van der Waals surface area contributed by atoms with Crippen LogP contribution in [0.4, 0.5) is 23.2 Å². The molecule has 0 saturated heterocycles. The zero-order chi connectivity index (χ0) is 25.9. The molecule has 0 fully saturated rings. The molecular weight excluding hydrogens is 482 g/mol. The van der Waals surface area contributed by atoms with Crippen molar-refractivity contribution >= 4 is 23.1 Å². The highest BCUT2D eigenvalue weighted by atomic mass is 32.1. The molecule has 0 aliphatic rings. The number of benzene rings is 3. The number of nitrogens with zero attached hydrogens (tertiary/aromatic N) is 1. The molecule has 3 rings (SSSR count). The van der Waals surface area contributed by atoms with E-state index in [0.717, 1.165) is 31.4 Å². The van der Waals surface area contributed by atoms with Crippen LogP contribution in [-0.2, 0) is 0 Å². The van der Waals surface area contributed by atoms with Gasteiger partial charge in [0.05, 0.1) is 10.7 Å². The van der Waals surface area contributed by atoms with Crippen LogP contribution >= 0.6 is 12.2 Å². The van der Waals surface area contributed by atoms with E-state index < -0.39 is 29.0 Å². The molecule has 0 N–H and O–H groups in total. The van der Waals surface area contributed by atoms with Crippen molar-refractivity contribution < 1.29 is 17.6 Å². The fourth-order valence-electron chi connectivity index (χ4n) is 3.10. The van der Waals surface area contributed by atoms with E-state index in [-0.39, 0.29) is 16.7 Å². The fraction of sp³-hybridized carbons (Fsp3) is 0.167. The Labute approximate surface area is 213 Å². The minimum atomic E-state index is -0.895. The van der Waals surface area contributed by atoms with E-state index in [4.69, 9.17) is 0 Å². The van der Waals surface area contributed by atoms with Crippen molar-refractivity contribution in [1.29, 1.82) is 0 Å². The normalized spacial score (nSPS) is 9.58. The smallest absolute Gasteiger partial charge is 0.153 e. The van der Waals surface area contributed by atoms with Crippen LogP contribution in [0, 0.1) is 58.8 Å². The second-order valence-corrected chi connectivity index (χ2v) is 7.83. The predicted octanol–water partition coefficient (Wildman–Crippen LogP) is 7.71. The Morgan fingerprint density at radius 2 is 1.17 bits per heavy atom. The van der Waals surface area contributed by atoms with E-state index in [1.54, 1.807) is 24.3 Å². The van der Waals surface area contributed by atoms with E-state index >= 15 is 0 Å². The summed E-state index contributed by atoms with van der Waals surface area (Å²) in [4.78, 5) is 3.35. The molecule has 0 radical (unpaired) electrons. The van der Waals surface area contributed by atoms with Crippen LogP contribution in [0.25, 0.3) is 0 Å². The van der Waals surface area contributed by atoms with Gasteiger partial charge in [-0.1, -0.05) is 55.3 Å². The number of unbranched alkanes of at least 4 members (excludes halogenated alkanes) is 3. The Kier molecular flexibility index (Phi) is 9.62. The summed E-state index contributed by atoms with van der Waals surface area (Å²) in [5, 5.41) is 1.92. The van der Waals surface area contributed by atoms with E-state index in [0.29, 0.717) is 17.5 Å². The lowest BCUT2D eigenvalue weighted by Gasteiger charge is -1.99. The van der Waals surface area contributed by atoms with Gasteiger partial charge in [-0.05, 0) is 67.2 Å². The van der Waals surface area contributed by atoms with E-state index in [2.05, 4.69) is 59.7 Å². The molecule has 0 aliphatic heterocycles. The summed E-state index contributed by atoms with van der Waals surface area (Å²) in [6.45, 7) is 2.09. The summed E-state index contributed by atoms with van der Waals surface area (Å²) >= 11 is 4.37. The molecule has 36 heavy (non-hydrogen) atoms. The number of hydrogen-bond donors (Lipinski definition) is 0. The lowest BCUT2D eigenvalue weighted by Crippen LogP contribution is -1.92. The molecule has 0 saturated carbocycles. The first-order chi connectivity index (χ1) is 17.4. The third kappa shape index (κ3) is 7.43. The van der Waals surface area contributed by atoms with Crippen molar-refractivity contribution in [2.75, 3.05) is 0 Å². The molecule has 0 atom stereocenters. The van der Waals surface area contributed by atoms with Gasteiger partial charge in [-0.3, -0.25) is 0 Å². The molecule has 6 heteroatoms. The summed E-state index contributed by atoms with van der Waals surface area (Å²) in [5.41, 5.74) is 0.616. The van der Waals surface area contributed by atoms with Crippen molar-refractivity contribution in [2.45, 2.75) is 32.6 Å². The van der Waals surface area contributed by atoms with E-state index in [1.165, 1.54) is 12.1 Å². The van der Waals surface area contributed by atoms with Crippen LogP contribution in [-0.4, -0.2) is 5.16 Å². The number of aliphatic imine (C=N–C) groups is 1. The molecular formula is C30H19F4NS. The summed E-state index contributed by atoms with van der Waals surface area (Å²) in [7, 11) is 0. The van der Waals surface area contributed by atoms with Gasteiger partial charge in [-0.25, -0.2) is 17.6 Å². The molecule has 178 valence electrons. The maximum absolute atomic E-state index is 14.4. The number of rotatable bonds is 4. The Balaban J connectivity index is 1.73. The quantitative estimate of drug-likeness (QED) is 0.117. The third-order valence-corrected chi connectivity index (χ3v) is 5.01. The van der Waals surface area contributed by atoms with E-state index in [1.807, 2.05) is 5.16 Å². The van der Waals surface area contributed by atoms with Gasteiger partial charge >= 0.3 is 0 Å². The van der Waals surface area contributed by atoms with Crippen molar-refractivity contribution in [3.05, 3.63) is 99.6 Å². The zero-order valence-corrected chi connectivity index (χ0v) is 20.1. The monoisotopic (exact) mass is 501 g/mol. The summed E-state index contributed by atoms with van der Waals surface area (Å²) in [6, 6.07) is 11.0. The van der Waals surface area contributed by atoms with E-state index in [9.17, 15) is 17.6 Å². The molecule has 3 aromatic rings. The Bertz CT molecular complexity index is 1450. The van der Waals surface area contributed by atoms with Gasteiger partial charge in [-0.2, -0.15) is 4.99 Å². The van der Waals surface area contributed by atoms with Crippen LogP contribution < -0.4 is 0 Å². The highest BCUT2D eigenvalue weighted by molar-refractivity contribution is 7.78. The van der Waals surface area contributed by atoms with Gasteiger partial charge in [0.15, 0.2) is 11.6 Å². The lowest BCUT2D eigenvalue weighted by molar-refractivity contribution is 0.577. The molecule has 3 aromatic carbocycles. The van der Waals surface area contributed by atoms with Crippen LogP contribution in [0.3, 0.4) is 0 Å². The predicted molar refractivity (Wildman–Crippen MR) is 137 cm³/mol. The Morgan fingerprint density at radius 3 is 1.72 bits per heavy atom. The molecule has 0 spiro atoms. The first-order valence-electron chi connectivity index (χ1n) is 11.1. The topological polar surface area (TPSA) is 12.4 Å². The molecule has 0 heterocycles. The number of thiocarbonyl (C=S) groups is 1. The molecule has 0 aliphatic carbocycles. The second kappa shape index (κ2) is 13.1. The van der Waals surface area contributed by atoms with Gasteiger partial charge in [0.2, 0.25) is 0 Å². The van der Waals surface area contributed by atoms with Crippen LogP contribution in [0.2, 0.25) is 0 Å². The Morgan fingerprint density at radius 1 is 0.667 bits per heavy atom. The Hall–Kier alpha value is -4.14. The van der Waals surface area contributed by atoms with Crippen molar-refractivity contribution in [3.63, 3.8) is 0 Å². The molecule has 0 bridgehead atoms. The summed E-state index contributed by atoms with van der Waals surface area (Å²) in [6.07, 6.45) is 3.79. The average Bonchev–Trinajstić information content (AvgIpc) is 2.85. The van der Waals surface area contributed by atoms with Crippen molar-refractivity contribution in [1.82, 2.24) is 0 Å². The summed E-state index contributed by atoms with van der Waals surface area (Å²) < 4.78 is 56.6. The highest BCUT2D eigenvalue weighted by Crippen LogP contribution is 2.23. The number of halogens is 4. The maximum Gasteiger partial charge on any atom is 0.153 e.